The summed E-state index contributed by atoms with van der Waals surface area (Å²) < 4.78 is 23.4. The largest absolute Gasteiger partial charge is 0.756 e. The van der Waals surface area contributed by atoms with Crippen LogP contribution in [0.1, 0.15) is 348 Å². The van der Waals surface area contributed by atoms with Gasteiger partial charge in [-0.1, -0.05) is 334 Å². The van der Waals surface area contributed by atoms with Crippen molar-refractivity contribution in [3.05, 3.63) is 12.2 Å². The van der Waals surface area contributed by atoms with Crippen LogP contribution >= 0.6 is 7.82 Å². The molecular formula is C65H131N2O6P. The summed E-state index contributed by atoms with van der Waals surface area (Å²) in [6.07, 6.45) is 71.9. The molecule has 0 saturated heterocycles. The Morgan fingerprint density at radius 1 is 0.459 bits per heavy atom. The molecule has 9 heteroatoms. The number of hydrogen-bond donors (Lipinski definition) is 2. The molecule has 0 heterocycles. The Morgan fingerprint density at radius 2 is 0.730 bits per heavy atom. The van der Waals surface area contributed by atoms with Gasteiger partial charge in [0.2, 0.25) is 5.91 Å². The lowest BCUT2D eigenvalue weighted by molar-refractivity contribution is -0.870. The number of likely N-dealkylation sites (N-methyl/N-ethyl adjacent to an activating group) is 1. The Hall–Kier alpha value is -0.760. The standard InChI is InChI=1S/C65H131N2O6P/c1-6-8-10-12-14-16-18-20-22-24-25-26-27-28-29-30-31-32-33-34-35-36-37-38-39-40-41-42-43-45-47-49-51-53-55-57-59-65(69)66-63(62-73-74(70,71)72-61-60-67(3,4)5)64(68)58-56-54-52-50-48-46-44-23-21-19-17-15-13-11-9-7-2/h56,58,63-64,68H,6-55,57,59-62H2,1-5H3,(H-,66,69,70,71)/b58-56+/t63-,64+/m0/s1. The smallest absolute Gasteiger partial charge is 0.268 e. The third kappa shape index (κ3) is 58.9. The summed E-state index contributed by atoms with van der Waals surface area (Å²) >= 11 is 0. The van der Waals surface area contributed by atoms with Crippen LogP contribution in [0.25, 0.3) is 0 Å². The van der Waals surface area contributed by atoms with Gasteiger partial charge in [-0.2, -0.15) is 0 Å². The highest BCUT2D eigenvalue weighted by Crippen LogP contribution is 2.38. The van der Waals surface area contributed by atoms with E-state index < -0.39 is 20.0 Å². The average molecular weight is 1070 g/mol. The monoisotopic (exact) mass is 1070 g/mol. The minimum atomic E-state index is -4.59. The summed E-state index contributed by atoms with van der Waals surface area (Å²) in [4.78, 5) is 25.5. The van der Waals surface area contributed by atoms with E-state index in [1.165, 1.54) is 289 Å². The Balaban J connectivity index is 3.91. The number of phosphoric ester groups is 1. The van der Waals surface area contributed by atoms with E-state index in [0.717, 1.165) is 38.5 Å². The van der Waals surface area contributed by atoms with Gasteiger partial charge in [0.25, 0.3) is 7.82 Å². The molecule has 8 nitrogen and oxygen atoms in total. The van der Waals surface area contributed by atoms with Crippen LogP contribution in [0.3, 0.4) is 0 Å². The van der Waals surface area contributed by atoms with Gasteiger partial charge in [-0.3, -0.25) is 9.36 Å². The van der Waals surface area contributed by atoms with Gasteiger partial charge in [0.1, 0.15) is 13.2 Å². The molecular weight excluding hydrogens is 936 g/mol. The van der Waals surface area contributed by atoms with Gasteiger partial charge in [0.05, 0.1) is 39.9 Å². The van der Waals surface area contributed by atoms with Gasteiger partial charge in [0, 0.05) is 6.42 Å². The Morgan fingerprint density at radius 3 is 1.01 bits per heavy atom. The van der Waals surface area contributed by atoms with E-state index in [9.17, 15) is 19.4 Å². The fraction of sp³-hybridized carbons (Fsp3) is 0.954. The van der Waals surface area contributed by atoms with E-state index in [2.05, 4.69) is 19.2 Å². The number of phosphoric acid groups is 1. The van der Waals surface area contributed by atoms with Crippen molar-refractivity contribution in [1.82, 2.24) is 5.32 Å². The maximum absolute atomic E-state index is 13.0. The maximum Gasteiger partial charge on any atom is 0.268 e. The molecule has 0 radical (unpaired) electrons. The number of carbonyl (C=O) groups is 1. The van der Waals surface area contributed by atoms with Crippen LogP contribution in [-0.2, 0) is 18.4 Å². The van der Waals surface area contributed by atoms with Gasteiger partial charge >= 0.3 is 0 Å². The van der Waals surface area contributed by atoms with Crippen molar-refractivity contribution < 1.29 is 32.9 Å². The average Bonchev–Trinajstić information content (AvgIpc) is 3.36. The molecule has 74 heavy (non-hydrogen) atoms. The molecule has 0 bridgehead atoms. The number of rotatable bonds is 62. The van der Waals surface area contributed by atoms with Crippen molar-refractivity contribution in [3.8, 4) is 0 Å². The van der Waals surface area contributed by atoms with Crippen molar-refractivity contribution in [3.63, 3.8) is 0 Å². The molecule has 2 N–H and O–H groups in total. The van der Waals surface area contributed by atoms with E-state index in [1.54, 1.807) is 6.08 Å². The Kier molecular flexibility index (Phi) is 56.4. The first-order valence-corrected chi connectivity index (χ1v) is 34.5. The zero-order valence-electron chi connectivity index (χ0n) is 50.6. The highest BCUT2D eigenvalue weighted by molar-refractivity contribution is 7.45. The number of nitrogens with zero attached hydrogens (tertiary/aromatic N) is 1. The third-order valence-corrected chi connectivity index (χ3v) is 16.5. The molecule has 0 aromatic heterocycles. The van der Waals surface area contributed by atoms with Crippen LogP contribution in [0.5, 0.6) is 0 Å². The SMILES string of the molecule is CCCCCCCCCCCCCCCC/C=C/[C@@H](O)[C@H](COP(=O)([O-])OCC[N+](C)(C)C)NC(=O)CCCCCCCCCCCCCCCCCCCCCCCCCCCCCCCCCCCCCC. The zero-order chi connectivity index (χ0) is 54.2. The van der Waals surface area contributed by atoms with Crippen LogP contribution in [0.4, 0.5) is 0 Å². The van der Waals surface area contributed by atoms with Gasteiger partial charge < -0.3 is 28.8 Å². The summed E-state index contributed by atoms with van der Waals surface area (Å²) in [5.41, 5.74) is 0. The molecule has 0 aliphatic carbocycles. The lowest BCUT2D eigenvalue weighted by Gasteiger charge is -2.29. The summed E-state index contributed by atoms with van der Waals surface area (Å²) in [7, 11) is 1.28. The van der Waals surface area contributed by atoms with Crippen LogP contribution < -0.4 is 10.2 Å². The quantitative estimate of drug-likeness (QED) is 0.0272. The van der Waals surface area contributed by atoms with Crippen LogP contribution in [-0.4, -0.2) is 68.5 Å². The first-order valence-electron chi connectivity index (χ1n) is 33.1. The number of aliphatic hydroxyl groups excluding tert-OH is 1. The molecule has 442 valence electrons. The molecule has 0 spiro atoms. The molecule has 0 aliphatic rings. The second kappa shape index (κ2) is 56.9. The second-order valence-corrected chi connectivity index (χ2v) is 25.6. The number of allylic oxidation sites excluding steroid dienone is 1. The number of aliphatic hydroxyl groups is 1. The molecule has 0 fully saturated rings. The number of amides is 1. The van der Waals surface area contributed by atoms with Crippen molar-refractivity contribution >= 4 is 13.7 Å². The van der Waals surface area contributed by atoms with Gasteiger partial charge in [0.15, 0.2) is 0 Å². The summed E-state index contributed by atoms with van der Waals surface area (Å²) in [5, 5.41) is 13.9. The van der Waals surface area contributed by atoms with Gasteiger partial charge in [-0.15, -0.1) is 0 Å². The highest BCUT2D eigenvalue weighted by atomic mass is 31.2. The van der Waals surface area contributed by atoms with Gasteiger partial charge in [-0.05, 0) is 19.3 Å². The van der Waals surface area contributed by atoms with Crippen molar-refractivity contribution in [1.29, 1.82) is 0 Å². The number of unbranched alkanes of at least 4 members (excludes halogenated alkanes) is 49. The highest BCUT2D eigenvalue weighted by Gasteiger charge is 2.23. The lowest BCUT2D eigenvalue weighted by atomic mass is 10.0. The van der Waals surface area contributed by atoms with Crippen molar-refractivity contribution in [2.75, 3.05) is 40.9 Å². The van der Waals surface area contributed by atoms with Crippen molar-refractivity contribution in [2.24, 2.45) is 0 Å². The number of quaternary nitrogens is 1. The van der Waals surface area contributed by atoms with Crippen molar-refractivity contribution in [2.45, 2.75) is 360 Å². The minimum absolute atomic E-state index is 0.00269. The second-order valence-electron chi connectivity index (χ2n) is 24.2. The van der Waals surface area contributed by atoms with E-state index in [4.69, 9.17) is 9.05 Å². The van der Waals surface area contributed by atoms with Crippen LogP contribution in [0, 0.1) is 0 Å². The summed E-state index contributed by atoms with van der Waals surface area (Å²) in [5.74, 6) is -0.189. The fourth-order valence-electron chi connectivity index (χ4n) is 10.3. The first kappa shape index (κ1) is 73.2. The molecule has 0 saturated carbocycles. The van der Waals surface area contributed by atoms with E-state index in [0.29, 0.717) is 17.4 Å². The molecule has 1 unspecified atom stereocenters. The van der Waals surface area contributed by atoms with Crippen LogP contribution in [0.2, 0.25) is 0 Å². The molecule has 3 atom stereocenters. The predicted molar refractivity (Wildman–Crippen MR) is 321 cm³/mol. The molecule has 0 aromatic rings. The number of hydrogen-bond acceptors (Lipinski definition) is 6. The minimum Gasteiger partial charge on any atom is -0.756 e. The predicted octanol–water partition coefficient (Wildman–Crippen LogP) is 19.9. The summed E-state index contributed by atoms with van der Waals surface area (Å²) in [6.45, 7) is 4.70. The normalized spacial score (nSPS) is 13.8. The summed E-state index contributed by atoms with van der Waals surface area (Å²) in [6, 6.07) is -0.882. The van der Waals surface area contributed by atoms with E-state index in [-0.39, 0.29) is 19.1 Å². The molecule has 0 aromatic carbocycles. The molecule has 0 rings (SSSR count). The fourth-order valence-corrected chi connectivity index (χ4v) is 11.1. The lowest BCUT2D eigenvalue weighted by Crippen LogP contribution is -2.45. The molecule has 1 amide bonds. The Bertz CT molecular complexity index is 1210. The van der Waals surface area contributed by atoms with E-state index in [1.807, 2.05) is 27.2 Å². The number of nitrogens with one attached hydrogen (secondary N) is 1. The van der Waals surface area contributed by atoms with E-state index >= 15 is 0 Å². The van der Waals surface area contributed by atoms with Gasteiger partial charge in [-0.25, -0.2) is 0 Å². The number of carbonyl (C=O) groups excluding carboxylic acids is 1. The maximum atomic E-state index is 13.0. The first-order chi connectivity index (χ1) is 36.0. The third-order valence-electron chi connectivity index (χ3n) is 15.5. The van der Waals surface area contributed by atoms with Crippen LogP contribution in [0.15, 0.2) is 12.2 Å². The topological polar surface area (TPSA) is 108 Å². The Labute approximate surface area is 462 Å². The zero-order valence-corrected chi connectivity index (χ0v) is 51.5. The molecule has 0 aliphatic heterocycles.